The molecule has 3 rings (SSSR count). The molecule has 0 atom stereocenters. The van der Waals surface area contributed by atoms with Crippen molar-refractivity contribution in [2.24, 2.45) is 5.92 Å². The summed E-state index contributed by atoms with van der Waals surface area (Å²) in [6.45, 7) is 4.14. The lowest BCUT2D eigenvalue weighted by molar-refractivity contribution is 0.292. The molecule has 1 saturated carbocycles. The molecule has 1 aliphatic rings. The number of hydrogen-bond acceptors (Lipinski definition) is 2. The van der Waals surface area contributed by atoms with E-state index in [1.54, 1.807) is 0 Å². The van der Waals surface area contributed by atoms with E-state index in [-0.39, 0.29) is 0 Å². The number of nitrogens with zero attached hydrogens (tertiary/aromatic N) is 2. The highest BCUT2D eigenvalue weighted by molar-refractivity contribution is 5.42. The Morgan fingerprint density at radius 1 is 1.39 bits per heavy atom. The Hall–Kier alpha value is -1.35. The maximum absolute atomic E-state index is 4.58. The Labute approximate surface area is 108 Å². The minimum atomic E-state index is 0.920. The van der Waals surface area contributed by atoms with Gasteiger partial charge in [0, 0.05) is 12.7 Å². The zero-order valence-electron chi connectivity index (χ0n) is 11.0. The average Bonchev–Trinajstić information content (AvgIpc) is 2.63. The molecule has 0 bridgehead atoms. The molecule has 0 amide bonds. The van der Waals surface area contributed by atoms with E-state index in [9.17, 15) is 0 Å². The van der Waals surface area contributed by atoms with Crippen molar-refractivity contribution in [2.75, 3.05) is 6.54 Å². The van der Waals surface area contributed by atoms with E-state index in [1.807, 2.05) is 6.07 Å². The van der Waals surface area contributed by atoms with Gasteiger partial charge in [0.05, 0.1) is 11.4 Å². The zero-order chi connectivity index (χ0) is 12.4. The van der Waals surface area contributed by atoms with Gasteiger partial charge in [-0.15, -0.1) is 0 Å². The Morgan fingerprint density at radius 2 is 2.28 bits per heavy atom. The second-order valence-electron chi connectivity index (χ2n) is 5.34. The number of aromatic nitrogens is 2. The largest absolute Gasteiger partial charge is 0.311 e. The third kappa shape index (κ3) is 2.27. The van der Waals surface area contributed by atoms with Gasteiger partial charge in [-0.2, -0.15) is 0 Å². The summed E-state index contributed by atoms with van der Waals surface area (Å²) < 4.78 is 2.19. The first kappa shape index (κ1) is 11.7. The Morgan fingerprint density at radius 3 is 3.06 bits per heavy atom. The van der Waals surface area contributed by atoms with Crippen LogP contribution in [-0.4, -0.2) is 15.9 Å². The van der Waals surface area contributed by atoms with E-state index >= 15 is 0 Å². The smallest absolute Gasteiger partial charge is 0.137 e. The predicted octanol–water partition coefficient (Wildman–Crippen LogP) is 2.92. The number of rotatable bonds is 5. The van der Waals surface area contributed by atoms with Crippen LogP contribution in [0.5, 0.6) is 0 Å². The molecule has 96 valence electrons. The van der Waals surface area contributed by atoms with Crippen LogP contribution in [0.4, 0.5) is 0 Å². The Bertz CT molecular complexity index is 526. The van der Waals surface area contributed by atoms with Crippen LogP contribution in [0.3, 0.4) is 0 Å². The summed E-state index contributed by atoms with van der Waals surface area (Å²) in [4.78, 5) is 4.58. The Kier molecular flexibility index (Phi) is 3.33. The van der Waals surface area contributed by atoms with Gasteiger partial charge < -0.3 is 9.72 Å². The van der Waals surface area contributed by atoms with Crippen molar-refractivity contribution < 1.29 is 0 Å². The summed E-state index contributed by atoms with van der Waals surface area (Å²) in [6, 6.07) is 6.16. The van der Waals surface area contributed by atoms with Gasteiger partial charge in [0.25, 0.3) is 0 Å². The van der Waals surface area contributed by atoms with Gasteiger partial charge in [-0.25, -0.2) is 4.98 Å². The molecule has 18 heavy (non-hydrogen) atoms. The molecule has 1 N–H and O–H groups in total. The number of pyridine rings is 1. The van der Waals surface area contributed by atoms with Crippen LogP contribution in [-0.2, 0) is 6.54 Å². The fraction of sp³-hybridized carbons (Fsp3) is 0.533. The van der Waals surface area contributed by atoms with Gasteiger partial charge in [-0.05, 0) is 37.9 Å². The number of nitrogens with one attached hydrogen (secondary N) is 1. The first-order valence-corrected chi connectivity index (χ1v) is 6.98. The van der Waals surface area contributed by atoms with Crippen LogP contribution in [0.15, 0.2) is 24.4 Å². The van der Waals surface area contributed by atoms with E-state index < -0.39 is 0 Å². The van der Waals surface area contributed by atoms with E-state index in [1.165, 1.54) is 31.4 Å². The van der Waals surface area contributed by atoms with Gasteiger partial charge in [-0.3, -0.25) is 0 Å². The zero-order valence-corrected chi connectivity index (χ0v) is 11.0. The number of aryl methyl sites for hydroxylation is 1. The van der Waals surface area contributed by atoms with Crippen LogP contribution >= 0.6 is 0 Å². The molecule has 0 unspecified atom stereocenters. The van der Waals surface area contributed by atoms with Gasteiger partial charge in [0.15, 0.2) is 0 Å². The highest BCUT2D eigenvalue weighted by Gasteiger charge is 2.16. The quantitative estimate of drug-likeness (QED) is 0.818. The highest BCUT2D eigenvalue weighted by atomic mass is 15.0. The monoisotopic (exact) mass is 243 g/mol. The maximum Gasteiger partial charge on any atom is 0.137 e. The standard InChI is InChI=1S/C15H21N3/c1-12-14(11-16-9-8-13-5-4-6-13)18-10-3-2-7-15(18)17-12/h2-3,7,10,13,16H,4-6,8-9,11H2,1H3. The lowest BCUT2D eigenvalue weighted by Crippen LogP contribution is -2.21. The van der Waals surface area contributed by atoms with Gasteiger partial charge in [0.1, 0.15) is 5.65 Å². The summed E-state index contributed by atoms with van der Waals surface area (Å²) in [5, 5.41) is 3.56. The van der Waals surface area contributed by atoms with Gasteiger partial charge in [-0.1, -0.05) is 25.3 Å². The molecule has 3 heteroatoms. The average molecular weight is 243 g/mol. The molecule has 2 aromatic heterocycles. The van der Waals surface area contributed by atoms with Crippen LogP contribution in [0.2, 0.25) is 0 Å². The number of hydrogen-bond donors (Lipinski definition) is 1. The summed E-state index contributed by atoms with van der Waals surface area (Å²) in [5.41, 5.74) is 3.47. The first-order valence-electron chi connectivity index (χ1n) is 6.98. The molecule has 0 radical (unpaired) electrons. The van der Waals surface area contributed by atoms with E-state index in [4.69, 9.17) is 0 Å². The maximum atomic E-state index is 4.58. The lowest BCUT2D eigenvalue weighted by Gasteiger charge is -2.25. The van der Waals surface area contributed by atoms with E-state index in [0.29, 0.717) is 0 Å². The SMILES string of the molecule is Cc1nc2ccccn2c1CNCCC1CCC1. The summed E-state index contributed by atoms with van der Waals surface area (Å²) in [7, 11) is 0. The van der Waals surface area contributed by atoms with Gasteiger partial charge in [0.2, 0.25) is 0 Å². The third-order valence-corrected chi connectivity index (χ3v) is 4.08. The summed E-state index contributed by atoms with van der Waals surface area (Å²) in [6.07, 6.45) is 7.75. The van der Waals surface area contributed by atoms with Crippen LogP contribution in [0.25, 0.3) is 5.65 Å². The topological polar surface area (TPSA) is 29.3 Å². The van der Waals surface area contributed by atoms with Crippen molar-refractivity contribution in [2.45, 2.75) is 39.2 Å². The molecule has 1 fully saturated rings. The van der Waals surface area contributed by atoms with Gasteiger partial charge >= 0.3 is 0 Å². The molecule has 0 spiro atoms. The molecule has 2 aromatic rings. The van der Waals surface area contributed by atoms with E-state index in [2.05, 4.69) is 40.0 Å². The van der Waals surface area contributed by atoms with Crippen LogP contribution in [0.1, 0.15) is 37.1 Å². The fourth-order valence-corrected chi connectivity index (χ4v) is 2.67. The predicted molar refractivity (Wildman–Crippen MR) is 73.6 cm³/mol. The normalized spacial score (nSPS) is 16.1. The third-order valence-electron chi connectivity index (χ3n) is 4.08. The lowest BCUT2D eigenvalue weighted by atomic mass is 9.83. The molecular weight excluding hydrogens is 222 g/mol. The second-order valence-corrected chi connectivity index (χ2v) is 5.34. The second kappa shape index (κ2) is 5.11. The van der Waals surface area contributed by atoms with Crippen molar-refractivity contribution in [3.8, 4) is 0 Å². The molecular formula is C15H21N3. The first-order chi connectivity index (χ1) is 8.84. The van der Waals surface area contributed by atoms with Crippen molar-refractivity contribution >= 4 is 5.65 Å². The molecule has 2 heterocycles. The highest BCUT2D eigenvalue weighted by Crippen LogP contribution is 2.28. The van der Waals surface area contributed by atoms with Crippen molar-refractivity contribution in [1.82, 2.24) is 14.7 Å². The molecule has 3 nitrogen and oxygen atoms in total. The number of fused-ring (bicyclic) bond motifs is 1. The van der Waals surface area contributed by atoms with Crippen LogP contribution < -0.4 is 5.32 Å². The molecule has 0 aromatic carbocycles. The van der Waals surface area contributed by atoms with Crippen LogP contribution in [0, 0.1) is 12.8 Å². The number of imidazole rings is 1. The molecule has 0 saturated heterocycles. The van der Waals surface area contributed by atoms with E-state index in [0.717, 1.165) is 30.3 Å². The van der Waals surface area contributed by atoms with Crippen molar-refractivity contribution in [3.63, 3.8) is 0 Å². The summed E-state index contributed by atoms with van der Waals surface area (Å²) >= 11 is 0. The molecule has 0 aliphatic heterocycles. The minimum absolute atomic E-state index is 0.920. The van der Waals surface area contributed by atoms with Crippen molar-refractivity contribution in [1.29, 1.82) is 0 Å². The fourth-order valence-electron chi connectivity index (χ4n) is 2.67. The summed E-state index contributed by atoms with van der Waals surface area (Å²) in [5.74, 6) is 0.987. The minimum Gasteiger partial charge on any atom is -0.311 e. The Balaban J connectivity index is 1.61. The molecule has 1 aliphatic carbocycles. The van der Waals surface area contributed by atoms with Crippen molar-refractivity contribution in [3.05, 3.63) is 35.8 Å².